The topological polar surface area (TPSA) is 100 Å². The summed E-state index contributed by atoms with van der Waals surface area (Å²) in [5.74, 6) is 0.124. The first-order valence-corrected chi connectivity index (χ1v) is 11.3. The first kappa shape index (κ1) is 22.4. The van der Waals surface area contributed by atoms with Gasteiger partial charge in [0.1, 0.15) is 5.76 Å². The minimum atomic E-state index is -3.62. The van der Waals surface area contributed by atoms with Crippen LogP contribution in [0.4, 0.5) is 5.69 Å². The lowest BCUT2D eigenvalue weighted by molar-refractivity contribution is -0.115. The summed E-state index contributed by atoms with van der Waals surface area (Å²) in [4.78, 5) is 12.0. The molecule has 2 aromatic carbocycles. The minimum absolute atomic E-state index is 0.0886. The molecule has 9 heteroatoms. The molecule has 7 nitrogen and oxygen atoms in total. The zero-order chi connectivity index (χ0) is 22.1. The third-order valence-electron chi connectivity index (χ3n) is 4.15. The molecular formula is C22H21N3O4S2. The molecule has 160 valence electrons. The number of hydrogen-bond donors (Lipinski definition) is 3. The molecule has 0 aliphatic carbocycles. The zero-order valence-corrected chi connectivity index (χ0v) is 18.1. The summed E-state index contributed by atoms with van der Waals surface area (Å²) in [7, 11) is -3.62. The molecule has 1 heterocycles. The van der Waals surface area contributed by atoms with Crippen molar-refractivity contribution in [1.29, 1.82) is 0 Å². The Morgan fingerprint density at radius 2 is 1.74 bits per heavy atom. The van der Waals surface area contributed by atoms with Gasteiger partial charge in [0, 0.05) is 18.3 Å². The van der Waals surface area contributed by atoms with Crippen LogP contribution in [0.15, 0.2) is 88.4 Å². The van der Waals surface area contributed by atoms with E-state index >= 15 is 0 Å². The second-order valence-electron chi connectivity index (χ2n) is 6.45. The van der Waals surface area contributed by atoms with Gasteiger partial charge in [-0.3, -0.25) is 10.1 Å². The molecule has 3 N–H and O–H groups in total. The number of rotatable bonds is 8. The summed E-state index contributed by atoms with van der Waals surface area (Å²) in [6.07, 6.45) is 4.92. The highest BCUT2D eigenvalue weighted by molar-refractivity contribution is 7.89. The summed E-state index contributed by atoms with van der Waals surface area (Å²) in [6.45, 7) is 0.300. The molecule has 0 aliphatic heterocycles. The summed E-state index contributed by atoms with van der Waals surface area (Å²) in [5, 5.41) is 5.43. The Hall–Kier alpha value is -3.27. The van der Waals surface area contributed by atoms with E-state index in [4.69, 9.17) is 16.6 Å². The predicted molar refractivity (Wildman–Crippen MR) is 124 cm³/mol. The van der Waals surface area contributed by atoms with Crippen molar-refractivity contribution in [2.24, 2.45) is 0 Å². The van der Waals surface area contributed by atoms with Gasteiger partial charge in [-0.1, -0.05) is 30.3 Å². The number of carbonyl (C=O) groups is 1. The zero-order valence-electron chi connectivity index (χ0n) is 16.4. The van der Waals surface area contributed by atoms with Crippen molar-refractivity contribution in [3.63, 3.8) is 0 Å². The van der Waals surface area contributed by atoms with Gasteiger partial charge >= 0.3 is 0 Å². The predicted octanol–water partition coefficient (Wildman–Crippen LogP) is 3.33. The number of thiocarbonyl (C=S) groups is 1. The quantitative estimate of drug-likeness (QED) is 0.356. The molecule has 1 amide bonds. The Balaban J connectivity index is 1.49. The lowest BCUT2D eigenvalue weighted by atomic mass is 10.2. The summed E-state index contributed by atoms with van der Waals surface area (Å²) in [5.41, 5.74) is 1.60. The monoisotopic (exact) mass is 455 g/mol. The lowest BCUT2D eigenvalue weighted by Gasteiger charge is -2.10. The van der Waals surface area contributed by atoms with Crippen molar-refractivity contribution >= 4 is 45.0 Å². The van der Waals surface area contributed by atoms with Crippen LogP contribution < -0.4 is 15.4 Å². The van der Waals surface area contributed by atoms with Crippen LogP contribution in [-0.2, 0) is 21.2 Å². The van der Waals surface area contributed by atoms with E-state index in [1.54, 1.807) is 24.3 Å². The van der Waals surface area contributed by atoms with Crippen LogP contribution in [0.2, 0.25) is 0 Å². The van der Waals surface area contributed by atoms with Gasteiger partial charge in [-0.05, 0) is 66.7 Å². The molecule has 31 heavy (non-hydrogen) atoms. The van der Waals surface area contributed by atoms with Crippen molar-refractivity contribution < 1.29 is 17.6 Å². The molecule has 3 rings (SSSR count). The largest absolute Gasteiger partial charge is 0.465 e. The summed E-state index contributed by atoms with van der Waals surface area (Å²) < 4.78 is 32.6. The van der Waals surface area contributed by atoms with Gasteiger partial charge in [-0.25, -0.2) is 13.1 Å². The van der Waals surface area contributed by atoms with E-state index in [-0.39, 0.29) is 10.0 Å². The van der Waals surface area contributed by atoms with Crippen LogP contribution in [-0.4, -0.2) is 26.0 Å². The molecule has 1 aromatic heterocycles. The van der Waals surface area contributed by atoms with Gasteiger partial charge in [0.2, 0.25) is 15.9 Å². The van der Waals surface area contributed by atoms with Crippen LogP contribution in [0.3, 0.4) is 0 Å². The smallest absolute Gasteiger partial charge is 0.250 e. The van der Waals surface area contributed by atoms with Crippen molar-refractivity contribution in [3.05, 3.63) is 90.4 Å². The number of carbonyl (C=O) groups excluding carboxylic acids is 1. The lowest BCUT2D eigenvalue weighted by Crippen LogP contribution is -2.32. The van der Waals surface area contributed by atoms with Gasteiger partial charge in [0.25, 0.3) is 0 Å². The number of anilines is 1. The van der Waals surface area contributed by atoms with E-state index in [9.17, 15) is 13.2 Å². The summed E-state index contributed by atoms with van der Waals surface area (Å²) in [6, 6.07) is 19.1. The third kappa shape index (κ3) is 7.18. The normalized spacial score (nSPS) is 11.4. The van der Waals surface area contributed by atoms with Crippen molar-refractivity contribution in [1.82, 2.24) is 10.0 Å². The van der Waals surface area contributed by atoms with Crippen molar-refractivity contribution in [2.75, 3.05) is 11.9 Å². The van der Waals surface area contributed by atoms with Crippen LogP contribution >= 0.6 is 12.2 Å². The Morgan fingerprint density at radius 3 is 2.42 bits per heavy atom. The van der Waals surface area contributed by atoms with E-state index < -0.39 is 15.9 Å². The fraction of sp³-hybridized carbons (Fsp3) is 0.0909. The van der Waals surface area contributed by atoms with Crippen LogP contribution in [0.1, 0.15) is 11.3 Å². The molecule has 0 bridgehead atoms. The SMILES string of the molecule is O=C(C=Cc1ccco1)NC(=S)Nc1ccc(S(=O)(=O)NCCc2ccccc2)cc1. The Morgan fingerprint density at radius 1 is 1.00 bits per heavy atom. The molecule has 3 aromatic rings. The Labute approximate surface area is 186 Å². The Kier molecular flexibility index (Phi) is 7.71. The van der Waals surface area contributed by atoms with Gasteiger partial charge in [-0.15, -0.1) is 0 Å². The number of furan rings is 1. The summed E-state index contributed by atoms with van der Waals surface area (Å²) >= 11 is 5.11. The fourth-order valence-corrected chi connectivity index (χ4v) is 3.89. The van der Waals surface area contributed by atoms with Crippen molar-refractivity contribution in [2.45, 2.75) is 11.3 Å². The highest BCUT2D eigenvalue weighted by Gasteiger charge is 2.13. The molecule has 0 saturated carbocycles. The molecule has 0 radical (unpaired) electrons. The van der Waals surface area contributed by atoms with Crippen LogP contribution in [0.5, 0.6) is 0 Å². The molecular weight excluding hydrogens is 434 g/mol. The maximum Gasteiger partial charge on any atom is 0.250 e. The van der Waals surface area contributed by atoms with Gasteiger partial charge in [0.05, 0.1) is 11.2 Å². The second kappa shape index (κ2) is 10.7. The van der Waals surface area contributed by atoms with Gasteiger partial charge in [0.15, 0.2) is 5.11 Å². The average molecular weight is 456 g/mol. The third-order valence-corrected chi connectivity index (χ3v) is 5.83. The van der Waals surface area contributed by atoms with Crippen LogP contribution in [0.25, 0.3) is 6.08 Å². The van der Waals surface area contributed by atoms with E-state index in [2.05, 4.69) is 15.4 Å². The van der Waals surface area contributed by atoms with Gasteiger partial charge in [-0.2, -0.15) is 0 Å². The van der Waals surface area contributed by atoms with Crippen molar-refractivity contribution in [3.8, 4) is 0 Å². The van der Waals surface area contributed by atoms with E-state index in [1.165, 1.54) is 30.5 Å². The standard InChI is InChI=1S/C22H21N3O4S2/c26-21(13-10-19-7-4-16-29-19)25-22(30)24-18-8-11-20(12-9-18)31(27,28)23-15-14-17-5-2-1-3-6-17/h1-13,16,23H,14-15H2,(H2,24,25,26,30). The molecule has 0 atom stereocenters. The highest BCUT2D eigenvalue weighted by Crippen LogP contribution is 2.14. The first-order valence-electron chi connectivity index (χ1n) is 9.39. The number of benzene rings is 2. The van der Waals surface area contributed by atoms with E-state index in [0.29, 0.717) is 24.4 Å². The second-order valence-corrected chi connectivity index (χ2v) is 8.63. The number of amides is 1. The molecule has 0 fully saturated rings. The Bertz CT molecular complexity index is 1140. The van der Waals surface area contributed by atoms with E-state index in [0.717, 1.165) is 5.56 Å². The van der Waals surface area contributed by atoms with Crippen LogP contribution in [0, 0.1) is 0 Å². The van der Waals surface area contributed by atoms with E-state index in [1.807, 2.05) is 30.3 Å². The number of hydrogen-bond acceptors (Lipinski definition) is 5. The first-order chi connectivity index (χ1) is 14.9. The highest BCUT2D eigenvalue weighted by atomic mass is 32.2. The molecule has 0 aliphatic rings. The minimum Gasteiger partial charge on any atom is -0.465 e. The average Bonchev–Trinajstić information content (AvgIpc) is 3.27. The maximum absolute atomic E-state index is 12.4. The molecule has 0 unspecified atom stereocenters. The van der Waals surface area contributed by atoms with Gasteiger partial charge < -0.3 is 9.73 Å². The maximum atomic E-state index is 12.4. The fourth-order valence-electron chi connectivity index (χ4n) is 2.63. The number of nitrogens with one attached hydrogen (secondary N) is 3. The number of sulfonamides is 1. The molecule has 0 saturated heterocycles. The molecule has 0 spiro atoms.